The average Bonchev–Trinajstić information content (AvgIpc) is 2.30. The summed E-state index contributed by atoms with van der Waals surface area (Å²) in [6.07, 6.45) is 0.232. The van der Waals surface area contributed by atoms with Gasteiger partial charge in [0.05, 0.1) is 13.5 Å². The van der Waals surface area contributed by atoms with E-state index in [-0.39, 0.29) is 18.2 Å². The number of alkyl halides is 1. The van der Waals surface area contributed by atoms with E-state index in [9.17, 15) is 9.59 Å². The molecule has 3 nitrogen and oxygen atoms in total. The highest BCUT2D eigenvalue weighted by Gasteiger charge is 2.14. The molecular formula is C13H15ClO3. The Morgan fingerprint density at radius 1 is 1.41 bits per heavy atom. The highest BCUT2D eigenvalue weighted by atomic mass is 35.5. The third kappa shape index (κ3) is 3.56. The number of carbonyl (C=O) groups excluding carboxylic acids is 2. The SMILES string of the molecule is COC(=O)Cc1ccc(C(Cl)C(C)=O)cc1C. The molecule has 0 aliphatic rings. The van der Waals surface area contributed by atoms with E-state index in [1.165, 1.54) is 14.0 Å². The van der Waals surface area contributed by atoms with Crippen LogP contribution in [0.1, 0.15) is 29.0 Å². The Balaban J connectivity index is 2.93. The predicted molar refractivity (Wildman–Crippen MR) is 66.2 cm³/mol. The topological polar surface area (TPSA) is 43.4 Å². The number of halogens is 1. The fourth-order valence-electron chi connectivity index (χ4n) is 1.54. The van der Waals surface area contributed by atoms with Crippen LogP contribution >= 0.6 is 11.6 Å². The first-order valence-corrected chi connectivity index (χ1v) is 5.70. The zero-order valence-electron chi connectivity index (χ0n) is 10.1. The number of ketones is 1. The monoisotopic (exact) mass is 254 g/mol. The number of rotatable bonds is 4. The summed E-state index contributed by atoms with van der Waals surface area (Å²) >= 11 is 5.96. The highest BCUT2D eigenvalue weighted by molar-refractivity contribution is 6.30. The van der Waals surface area contributed by atoms with Crippen molar-refractivity contribution in [1.29, 1.82) is 0 Å². The molecule has 17 heavy (non-hydrogen) atoms. The lowest BCUT2D eigenvalue weighted by Crippen LogP contribution is -2.07. The lowest BCUT2D eigenvalue weighted by molar-refractivity contribution is -0.139. The summed E-state index contributed by atoms with van der Waals surface area (Å²) in [6, 6.07) is 5.40. The number of methoxy groups -OCH3 is 1. The van der Waals surface area contributed by atoms with Gasteiger partial charge in [0.2, 0.25) is 0 Å². The number of hydrogen-bond donors (Lipinski definition) is 0. The molecule has 0 spiro atoms. The summed E-state index contributed by atoms with van der Waals surface area (Å²) in [4.78, 5) is 22.3. The molecule has 0 N–H and O–H groups in total. The minimum atomic E-state index is -0.624. The van der Waals surface area contributed by atoms with E-state index in [0.717, 1.165) is 16.7 Å². The number of esters is 1. The van der Waals surface area contributed by atoms with Crippen molar-refractivity contribution in [3.63, 3.8) is 0 Å². The highest BCUT2D eigenvalue weighted by Crippen LogP contribution is 2.24. The Kier molecular flexibility index (Phi) is 4.70. The second-order valence-electron chi connectivity index (χ2n) is 3.91. The number of Topliss-reactive ketones (excluding diaryl/α,β-unsaturated/α-hetero) is 1. The van der Waals surface area contributed by atoms with Crippen LogP contribution in [0.4, 0.5) is 0 Å². The van der Waals surface area contributed by atoms with Crippen LogP contribution in [0.25, 0.3) is 0 Å². The molecule has 0 amide bonds. The molecule has 1 atom stereocenters. The molecule has 1 aromatic rings. The quantitative estimate of drug-likeness (QED) is 0.613. The van der Waals surface area contributed by atoms with E-state index in [4.69, 9.17) is 11.6 Å². The van der Waals surface area contributed by atoms with Gasteiger partial charge in [0.15, 0.2) is 5.78 Å². The Labute approximate surface area is 106 Å². The summed E-state index contributed by atoms with van der Waals surface area (Å²) in [6.45, 7) is 3.33. The van der Waals surface area contributed by atoms with Crippen molar-refractivity contribution in [3.8, 4) is 0 Å². The van der Waals surface area contributed by atoms with Crippen LogP contribution in [0.15, 0.2) is 18.2 Å². The zero-order chi connectivity index (χ0) is 13.0. The van der Waals surface area contributed by atoms with Crippen LogP contribution in [0.2, 0.25) is 0 Å². The van der Waals surface area contributed by atoms with Crippen molar-refractivity contribution in [2.45, 2.75) is 25.6 Å². The predicted octanol–water partition coefficient (Wildman–Crippen LogP) is 2.58. The molecule has 0 aromatic heterocycles. The van der Waals surface area contributed by atoms with Crippen molar-refractivity contribution in [2.24, 2.45) is 0 Å². The molecular weight excluding hydrogens is 240 g/mol. The van der Waals surface area contributed by atoms with E-state index in [0.29, 0.717) is 0 Å². The van der Waals surface area contributed by atoms with E-state index >= 15 is 0 Å². The maximum Gasteiger partial charge on any atom is 0.309 e. The van der Waals surface area contributed by atoms with Crippen molar-refractivity contribution in [1.82, 2.24) is 0 Å². The van der Waals surface area contributed by atoms with Crippen molar-refractivity contribution < 1.29 is 14.3 Å². The van der Waals surface area contributed by atoms with E-state index in [1.54, 1.807) is 12.1 Å². The van der Waals surface area contributed by atoms with Gasteiger partial charge in [-0.25, -0.2) is 0 Å². The van der Waals surface area contributed by atoms with Crippen molar-refractivity contribution in [3.05, 3.63) is 34.9 Å². The zero-order valence-corrected chi connectivity index (χ0v) is 10.9. The molecule has 0 saturated heterocycles. The van der Waals surface area contributed by atoms with Gasteiger partial charge >= 0.3 is 5.97 Å². The van der Waals surface area contributed by atoms with E-state index in [2.05, 4.69) is 4.74 Å². The van der Waals surface area contributed by atoms with Crippen LogP contribution in [-0.2, 0) is 20.7 Å². The van der Waals surface area contributed by atoms with Crippen LogP contribution < -0.4 is 0 Å². The largest absolute Gasteiger partial charge is 0.469 e. The van der Waals surface area contributed by atoms with Crippen molar-refractivity contribution in [2.75, 3.05) is 7.11 Å². The summed E-state index contributed by atoms with van der Waals surface area (Å²) in [5.41, 5.74) is 2.57. The molecule has 0 saturated carbocycles. The summed E-state index contributed by atoms with van der Waals surface area (Å²) in [7, 11) is 1.36. The second-order valence-corrected chi connectivity index (χ2v) is 4.35. The number of benzene rings is 1. The molecule has 0 radical (unpaired) electrons. The maximum absolute atomic E-state index is 11.2. The molecule has 1 unspecified atom stereocenters. The Bertz CT molecular complexity index is 440. The van der Waals surface area contributed by atoms with Crippen LogP contribution in [0.5, 0.6) is 0 Å². The Morgan fingerprint density at radius 2 is 2.06 bits per heavy atom. The van der Waals surface area contributed by atoms with Crippen LogP contribution in [0, 0.1) is 6.92 Å². The Morgan fingerprint density at radius 3 is 2.53 bits per heavy atom. The molecule has 0 fully saturated rings. The third-order valence-electron chi connectivity index (χ3n) is 2.58. The summed E-state index contributed by atoms with van der Waals surface area (Å²) < 4.78 is 4.61. The molecule has 0 aliphatic carbocycles. The first-order valence-electron chi connectivity index (χ1n) is 5.26. The van der Waals surface area contributed by atoms with Gasteiger partial charge in [0, 0.05) is 0 Å². The fraction of sp³-hybridized carbons (Fsp3) is 0.385. The van der Waals surface area contributed by atoms with E-state index in [1.807, 2.05) is 13.0 Å². The summed E-state index contributed by atoms with van der Waals surface area (Å²) in [5.74, 6) is -0.373. The van der Waals surface area contributed by atoms with E-state index < -0.39 is 5.38 Å². The van der Waals surface area contributed by atoms with Crippen LogP contribution in [0.3, 0.4) is 0 Å². The first kappa shape index (κ1) is 13.7. The standard InChI is InChI=1S/C13H15ClO3/c1-8-6-11(13(14)9(2)15)5-4-10(8)7-12(16)17-3/h4-6,13H,7H2,1-3H3. The molecule has 1 rings (SSSR count). The number of ether oxygens (including phenoxy) is 1. The van der Waals surface area contributed by atoms with Gasteiger partial charge < -0.3 is 4.74 Å². The van der Waals surface area contributed by atoms with Crippen molar-refractivity contribution >= 4 is 23.4 Å². The van der Waals surface area contributed by atoms with Gasteiger partial charge in [0.25, 0.3) is 0 Å². The first-order chi connectivity index (χ1) is 7.95. The molecule has 1 aromatic carbocycles. The molecule has 0 heterocycles. The van der Waals surface area contributed by atoms with Gasteiger partial charge in [0.1, 0.15) is 5.38 Å². The minimum Gasteiger partial charge on any atom is -0.469 e. The van der Waals surface area contributed by atoms with Gasteiger partial charge in [-0.1, -0.05) is 18.2 Å². The Hall–Kier alpha value is -1.35. The second kappa shape index (κ2) is 5.82. The lowest BCUT2D eigenvalue weighted by Gasteiger charge is -2.10. The fourth-order valence-corrected chi connectivity index (χ4v) is 1.67. The maximum atomic E-state index is 11.2. The number of aryl methyl sites for hydroxylation is 1. The third-order valence-corrected chi connectivity index (χ3v) is 3.14. The molecule has 0 bridgehead atoms. The minimum absolute atomic E-state index is 0.0909. The normalized spacial score (nSPS) is 12.0. The average molecular weight is 255 g/mol. The lowest BCUT2D eigenvalue weighted by atomic mass is 10.00. The van der Waals surface area contributed by atoms with Gasteiger partial charge in [-0.05, 0) is 30.5 Å². The number of carbonyl (C=O) groups is 2. The number of hydrogen-bond acceptors (Lipinski definition) is 3. The van der Waals surface area contributed by atoms with Gasteiger partial charge in [-0.3, -0.25) is 9.59 Å². The van der Waals surface area contributed by atoms with Gasteiger partial charge in [-0.15, -0.1) is 11.6 Å². The summed E-state index contributed by atoms with van der Waals surface area (Å²) in [5, 5.41) is -0.624. The molecule has 92 valence electrons. The van der Waals surface area contributed by atoms with Gasteiger partial charge in [-0.2, -0.15) is 0 Å². The van der Waals surface area contributed by atoms with Crippen LogP contribution in [-0.4, -0.2) is 18.9 Å². The smallest absolute Gasteiger partial charge is 0.309 e. The molecule has 4 heteroatoms. The molecule has 0 aliphatic heterocycles.